The van der Waals surface area contributed by atoms with Crippen molar-refractivity contribution in [1.82, 2.24) is 25.0 Å². The van der Waals surface area contributed by atoms with Crippen molar-refractivity contribution in [3.05, 3.63) is 12.7 Å². The minimum absolute atomic E-state index is 0.0701. The summed E-state index contributed by atoms with van der Waals surface area (Å²) in [5, 5.41) is 10.7. The Morgan fingerprint density at radius 3 is 2.90 bits per heavy atom. The molecule has 3 fully saturated rings. The number of carbonyl (C=O) groups excluding carboxylic acids is 1. The second kappa shape index (κ2) is 4.44. The van der Waals surface area contributed by atoms with Crippen LogP contribution >= 0.6 is 0 Å². The van der Waals surface area contributed by atoms with Gasteiger partial charge in [-0.3, -0.25) is 0 Å². The third-order valence-electron chi connectivity index (χ3n) is 4.56. The van der Waals surface area contributed by atoms with E-state index in [0.717, 1.165) is 32.2 Å². The Kier molecular flexibility index (Phi) is 2.70. The zero-order valence-corrected chi connectivity index (χ0v) is 11.4. The summed E-state index contributed by atoms with van der Waals surface area (Å²) in [6.07, 6.45) is 7.56. The summed E-state index contributed by atoms with van der Waals surface area (Å²) < 4.78 is 8.04. The second-order valence-corrected chi connectivity index (χ2v) is 6.16. The van der Waals surface area contributed by atoms with Gasteiger partial charge in [0.1, 0.15) is 12.7 Å². The zero-order valence-electron chi connectivity index (χ0n) is 11.4. The highest BCUT2D eigenvalue weighted by Crippen LogP contribution is 2.39. The van der Waals surface area contributed by atoms with E-state index in [1.165, 1.54) is 0 Å². The molecule has 0 aromatic carbocycles. The van der Waals surface area contributed by atoms with Crippen LogP contribution in [0.2, 0.25) is 0 Å². The monoisotopic (exact) mass is 277 g/mol. The first-order valence-electron chi connectivity index (χ1n) is 7.28. The molecule has 0 radical (unpaired) electrons. The van der Waals surface area contributed by atoms with Crippen molar-refractivity contribution >= 4 is 6.03 Å². The molecular weight excluding hydrogens is 258 g/mol. The number of amides is 2. The van der Waals surface area contributed by atoms with Crippen LogP contribution < -0.4 is 5.32 Å². The SMILES string of the molecule is O=C(NC1CC1)N1CCC2(CC(n3cnnc3)CO2)C1. The Balaban J connectivity index is 1.39. The molecule has 1 aromatic rings. The molecule has 2 saturated heterocycles. The van der Waals surface area contributed by atoms with Gasteiger partial charge in [-0.1, -0.05) is 0 Å². The summed E-state index contributed by atoms with van der Waals surface area (Å²) in [6.45, 7) is 2.16. The van der Waals surface area contributed by atoms with Crippen LogP contribution in [-0.4, -0.2) is 57.0 Å². The highest BCUT2D eigenvalue weighted by molar-refractivity contribution is 5.75. The molecule has 1 saturated carbocycles. The fraction of sp³-hybridized carbons (Fsp3) is 0.769. The molecule has 2 aliphatic heterocycles. The molecule has 2 unspecified atom stereocenters. The fourth-order valence-corrected chi connectivity index (χ4v) is 3.20. The number of urea groups is 1. The quantitative estimate of drug-likeness (QED) is 0.857. The fourth-order valence-electron chi connectivity index (χ4n) is 3.20. The molecule has 7 heteroatoms. The standard InChI is InChI=1S/C13H19N5O2/c19-12(16-10-1-2-10)17-4-3-13(7-17)5-11(6-20-13)18-8-14-15-9-18/h8-11H,1-7H2,(H,16,19). The van der Waals surface area contributed by atoms with Gasteiger partial charge in [0.25, 0.3) is 0 Å². The Bertz CT molecular complexity index is 501. The molecule has 2 atom stereocenters. The minimum atomic E-state index is -0.171. The van der Waals surface area contributed by atoms with E-state index in [-0.39, 0.29) is 17.7 Å². The maximum absolute atomic E-state index is 12.1. The number of rotatable bonds is 2. The van der Waals surface area contributed by atoms with E-state index >= 15 is 0 Å². The molecule has 1 aromatic heterocycles. The molecule has 108 valence electrons. The third-order valence-corrected chi connectivity index (χ3v) is 4.56. The van der Waals surface area contributed by atoms with Gasteiger partial charge in [-0.25, -0.2) is 4.79 Å². The van der Waals surface area contributed by atoms with E-state index in [4.69, 9.17) is 4.74 Å². The van der Waals surface area contributed by atoms with Crippen LogP contribution in [-0.2, 0) is 4.74 Å². The molecule has 1 aliphatic carbocycles. The summed E-state index contributed by atoms with van der Waals surface area (Å²) in [5.74, 6) is 0. The normalized spacial score (nSPS) is 33.0. The molecule has 20 heavy (non-hydrogen) atoms. The van der Waals surface area contributed by atoms with Gasteiger partial charge in [-0.05, 0) is 19.3 Å². The third kappa shape index (κ3) is 2.15. The van der Waals surface area contributed by atoms with E-state index < -0.39 is 0 Å². The number of likely N-dealkylation sites (tertiary alicyclic amines) is 1. The molecule has 1 spiro atoms. The van der Waals surface area contributed by atoms with Gasteiger partial charge < -0.3 is 19.5 Å². The topological polar surface area (TPSA) is 72.3 Å². The predicted octanol–water partition coefficient (Wildman–Crippen LogP) is 0.556. The molecule has 4 rings (SSSR count). The van der Waals surface area contributed by atoms with Crippen LogP contribution in [0.4, 0.5) is 4.79 Å². The lowest BCUT2D eigenvalue weighted by Crippen LogP contribution is -2.42. The molecular formula is C13H19N5O2. The molecule has 7 nitrogen and oxygen atoms in total. The van der Waals surface area contributed by atoms with E-state index in [1.807, 2.05) is 9.47 Å². The van der Waals surface area contributed by atoms with Gasteiger partial charge in [0, 0.05) is 19.0 Å². The first-order valence-corrected chi connectivity index (χ1v) is 7.28. The molecule has 3 aliphatic rings. The van der Waals surface area contributed by atoms with Crippen LogP contribution in [0, 0.1) is 0 Å². The molecule has 0 bridgehead atoms. The van der Waals surface area contributed by atoms with Crippen LogP contribution in [0.15, 0.2) is 12.7 Å². The van der Waals surface area contributed by atoms with Crippen molar-refractivity contribution in [3.63, 3.8) is 0 Å². The van der Waals surface area contributed by atoms with E-state index in [1.54, 1.807) is 12.7 Å². The van der Waals surface area contributed by atoms with Crippen molar-refractivity contribution in [2.24, 2.45) is 0 Å². The Morgan fingerprint density at radius 1 is 1.35 bits per heavy atom. The lowest BCUT2D eigenvalue weighted by molar-refractivity contribution is 0.0143. The van der Waals surface area contributed by atoms with E-state index in [0.29, 0.717) is 19.2 Å². The Labute approximate surface area is 117 Å². The first-order chi connectivity index (χ1) is 9.74. The summed E-state index contributed by atoms with van der Waals surface area (Å²) in [5.41, 5.74) is -0.171. The largest absolute Gasteiger partial charge is 0.371 e. The molecule has 2 amide bonds. The molecule has 1 N–H and O–H groups in total. The minimum Gasteiger partial charge on any atom is -0.371 e. The van der Waals surface area contributed by atoms with Crippen LogP contribution in [0.5, 0.6) is 0 Å². The zero-order chi connectivity index (χ0) is 13.6. The summed E-state index contributed by atoms with van der Waals surface area (Å²) in [6, 6.07) is 0.769. The van der Waals surface area contributed by atoms with Crippen LogP contribution in [0.1, 0.15) is 31.7 Å². The number of carbonyl (C=O) groups is 1. The van der Waals surface area contributed by atoms with Gasteiger partial charge in [-0.15, -0.1) is 10.2 Å². The van der Waals surface area contributed by atoms with Gasteiger partial charge in [0.05, 0.1) is 24.8 Å². The van der Waals surface area contributed by atoms with Crippen molar-refractivity contribution < 1.29 is 9.53 Å². The summed E-state index contributed by atoms with van der Waals surface area (Å²) in [7, 11) is 0. The maximum Gasteiger partial charge on any atom is 0.317 e. The number of hydrogen-bond donors (Lipinski definition) is 1. The Morgan fingerprint density at radius 2 is 2.15 bits per heavy atom. The average molecular weight is 277 g/mol. The summed E-state index contributed by atoms with van der Waals surface area (Å²) >= 11 is 0. The first kappa shape index (κ1) is 12.1. The maximum atomic E-state index is 12.1. The van der Waals surface area contributed by atoms with Crippen LogP contribution in [0.25, 0.3) is 0 Å². The lowest BCUT2D eigenvalue weighted by atomic mass is 9.97. The van der Waals surface area contributed by atoms with Gasteiger partial charge in [0.15, 0.2) is 0 Å². The van der Waals surface area contributed by atoms with Gasteiger partial charge in [-0.2, -0.15) is 0 Å². The number of nitrogens with one attached hydrogen (secondary N) is 1. The highest BCUT2D eigenvalue weighted by Gasteiger charge is 2.47. The number of nitrogens with zero attached hydrogens (tertiary/aromatic N) is 4. The number of ether oxygens (including phenoxy) is 1. The van der Waals surface area contributed by atoms with Crippen molar-refractivity contribution in [2.75, 3.05) is 19.7 Å². The van der Waals surface area contributed by atoms with Gasteiger partial charge >= 0.3 is 6.03 Å². The van der Waals surface area contributed by atoms with E-state index in [2.05, 4.69) is 15.5 Å². The van der Waals surface area contributed by atoms with Gasteiger partial charge in [0.2, 0.25) is 0 Å². The number of aromatic nitrogens is 3. The Hall–Kier alpha value is -1.63. The second-order valence-electron chi connectivity index (χ2n) is 6.16. The van der Waals surface area contributed by atoms with Crippen molar-refractivity contribution in [3.8, 4) is 0 Å². The lowest BCUT2D eigenvalue weighted by Gasteiger charge is -2.23. The number of hydrogen-bond acceptors (Lipinski definition) is 4. The van der Waals surface area contributed by atoms with Crippen molar-refractivity contribution in [2.45, 2.75) is 43.4 Å². The van der Waals surface area contributed by atoms with Crippen molar-refractivity contribution in [1.29, 1.82) is 0 Å². The van der Waals surface area contributed by atoms with E-state index in [9.17, 15) is 4.79 Å². The summed E-state index contributed by atoms with van der Waals surface area (Å²) in [4.78, 5) is 14.0. The average Bonchev–Trinajstić information content (AvgIpc) is 2.92. The molecule has 3 heterocycles. The smallest absolute Gasteiger partial charge is 0.317 e. The highest BCUT2D eigenvalue weighted by atomic mass is 16.5. The van der Waals surface area contributed by atoms with Crippen LogP contribution in [0.3, 0.4) is 0 Å². The predicted molar refractivity (Wildman–Crippen MR) is 70.1 cm³/mol.